The molecule has 0 bridgehead atoms. The third kappa shape index (κ3) is 2.72. The van der Waals surface area contributed by atoms with Crippen molar-refractivity contribution in [2.75, 3.05) is 7.05 Å². The summed E-state index contributed by atoms with van der Waals surface area (Å²) in [6.07, 6.45) is 7.06. The molecule has 0 saturated carbocycles. The zero-order valence-corrected chi connectivity index (χ0v) is 12.1. The Morgan fingerprint density at radius 3 is 3.11 bits per heavy atom. The van der Waals surface area contributed by atoms with Gasteiger partial charge in [0.05, 0.1) is 5.51 Å². The van der Waals surface area contributed by atoms with Gasteiger partial charge in [0.25, 0.3) is 0 Å². The summed E-state index contributed by atoms with van der Waals surface area (Å²) in [5.41, 5.74) is 5.05. The van der Waals surface area contributed by atoms with E-state index in [4.69, 9.17) is 0 Å². The van der Waals surface area contributed by atoms with E-state index >= 15 is 0 Å². The van der Waals surface area contributed by atoms with E-state index in [9.17, 15) is 0 Å². The fraction of sp³-hybridized carbons (Fsp3) is 0.438. The average molecular weight is 272 g/mol. The first-order chi connectivity index (χ1) is 9.38. The number of rotatable bonds is 4. The molecule has 2 unspecified atom stereocenters. The van der Waals surface area contributed by atoms with Gasteiger partial charge in [-0.05, 0) is 49.8 Å². The fourth-order valence-corrected chi connectivity index (χ4v) is 3.90. The van der Waals surface area contributed by atoms with Crippen molar-refractivity contribution in [1.82, 2.24) is 10.3 Å². The molecule has 0 fully saturated rings. The van der Waals surface area contributed by atoms with E-state index in [1.807, 2.05) is 11.7 Å². The Hall–Kier alpha value is -1.19. The molecular weight excluding hydrogens is 252 g/mol. The predicted molar refractivity (Wildman–Crippen MR) is 80.7 cm³/mol. The Balaban J connectivity index is 1.80. The van der Waals surface area contributed by atoms with E-state index in [2.05, 4.69) is 41.6 Å². The number of fused-ring (bicyclic) bond motifs is 1. The summed E-state index contributed by atoms with van der Waals surface area (Å²) in [4.78, 5) is 5.56. The number of aryl methyl sites for hydroxylation is 1. The predicted octanol–water partition coefficient (Wildman–Crippen LogP) is 3.91. The highest BCUT2D eigenvalue weighted by molar-refractivity contribution is 7.09. The van der Waals surface area contributed by atoms with E-state index < -0.39 is 0 Å². The molecule has 2 aromatic rings. The van der Waals surface area contributed by atoms with E-state index in [0.29, 0.717) is 12.0 Å². The molecular formula is C16H20N2S. The number of nitrogens with zero attached hydrogens (tertiary/aromatic N) is 1. The van der Waals surface area contributed by atoms with Crippen molar-refractivity contribution >= 4 is 11.3 Å². The maximum Gasteiger partial charge on any atom is 0.0794 e. The largest absolute Gasteiger partial charge is 0.312 e. The molecule has 0 aliphatic heterocycles. The summed E-state index contributed by atoms with van der Waals surface area (Å²) >= 11 is 1.75. The van der Waals surface area contributed by atoms with Crippen molar-refractivity contribution in [2.45, 2.75) is 37.6 Å². The lowest BCUT2D eigenvalue weighted by Crippen LogP contribution is -2.20. The number of thiazole rings is 1. The van der Waals surface area contributed by atoms with Crippen molar-refractivity contribution in [3.8, 4) is 0 Å². The van der Waals surface area contributed by atoms with Gasteiger partial charge in [0.15, 0.2) is 0 Å². The van der Waals surface area contributed by atoms with E-state index in [-0.39, 0.29) is 0 Å². The van der Waals surface area contributed by atoms with Crippen LogP contribution >= 0.6 is 11.3 Å². The number of aromatic nitrogens is 1. The molecule has 1 aliphatic carbocycles. The molecule has 3 rings (SSSR count). The molecule has 2 nitrogen and oxygen atoms in total. The zero-order valence-electron chi connectivity index (χ0n) is 11.3. The van der Waals surface area contributed by atoms with Crippen molar-refractivity contribution in [3.05, 3.63) is 52.0 Å². The van der Waals surface area contributed by atoms with Gasteiger partial charge in [0, 0.05) is 17.1 Å². The van der Waals surface area contributed by atoms with Crippen LogP contribution in [0.5, 0.6) is 0 Å². The fourth-order valence-electron chi connectivity index (χ4n) is 3.16. The number of nitrogens with one attached hydrogen (secondary N) is 1. The quantitative estimate of drug-likeness (QED) is 0.912. The van der Waals surface area contributed by atoms with Gasteiger partial charge in [-0.2, -0.15) is 0 Å². The van der Waals surface area contributed by atoms with E-state index in [1.54, 1.807) is 22.5 Å². The molecule has 0 radical (unpaired) electrons. The lowest BCUT2D eigenvalue weighted by Gasteiger charge is -2.28. The van der Waals surface area contributed by atoms with Crippen LogP contribution < -0.4 is 5.32 Å². The summed E-state index contributed by atoms with van der Waals surface area (Å²) in [6, 6.07) is 9.39. The van der Waals surface area contributed by atoms with Gasteiger partial charge >= 0.3 is 0 Å². The van der Waals surface area contributed by atoms with Crippen molar-refractivity contribution in [1.29, 1.82) is 0 Å². The van der Waals surface area contributed by atoms with Crippen LogP contribution in [0.3, 0.4) is 0 Å². The van der Waals surface area contributed by atoms with Crippen molar-refractivity contribution < 1.29 is 0 Å². The van der Waals surface area contributed by atoms with Gasteiger partial charge in [0.2, 0.25) is 0 Å². The molecule has 1 heterocycles. The Labute approximate surface area is 118 Å². The number of hydrogen-bond acceptors (Lipinski definition) is 3. The summed E-state index contributed by atoms with van der Waals surface area (Å²) in [5.74, 6) is 0.685. The molecule has 0 spiro atoms. The standard InChI is InChI=1S/C16H20N2S/c1-17-15(16-10-18-11-19-16)9-13-7-4-6-12-5-2-3-8-14(12)13/h2-3,5,8,10-11,13,15,17H,4,6-7,9H2,1H3. The van der Waals surface area contributed by atoms with Crippen molar-refractivity contribution in [2.24, 2.45) is 0 Å². The lowest BCUT2D eigenvalue weighted by molar-refractivity contribution is 0.443. The molecule has 100 valence electrons. The molecule has 2 atom stereocenters. The second-order valence-electron chi connectivity index (χ2n) is 5.27. The monoisotopic (exact) mass is 272 g/mol. The Bertz CT molecular complexity index is 521. The molecule has 19 heavy (non-hydrogen) atoms. The highest BCUT2D eigenvalue weighted by Crippen LogP contribution is 2.38. The highest BCUT2D eigenvalue weighted by atomic mass is 32.1. The SMILES string of the molecule is CNC(CC1CCCc2ccccc21)c1cncs1. The number of hydrogen-bond donors (Lipinski definition) is 1. The maximum atomic E-state index is 4.21. The van der Waals surface area contributed by atoms with Crippen LogP contribution in [0.1, 0.15) is 47.2 Å². The third-order valence-electron chi connectivity index (χ3n) is 4.16. The maximum absolute atomic E-state index is 4.21. The summed E-state index contributed by atoms with van der Waals surface area (Å²) < 4.78 is 0. The summed E-state index contributed by atoms with van der Waals surface area (Å²) in [7, 11) is 2.05. The van der Waals surface area contributed by atoms with Crippen LogP contribution in [-0.4, -0.2) is 12.0 Å². The normalized spacial score (nSPS) is 19.9. The van der Waals surface area contributed by atoms with Crippen LogP contribution in [0.2, 0.25) is 0 Å². The molecule has 1 N–H and O–H groups in total. The molecule has 0 amide bonds. The van der Waals surface area contributed by atoms with Crippen LogP contribution in [0.25, 0.3) is 0 Å². The number of benzene rings is 1. The van der Waals surface area contributed by atoms with Gasteiger partial charge in [-0.15, -0.1) is 11.3 Å². The smallest absolute Gasteiger partial charge is 0.0794 e. The summed E-state index contributed by atoms with van der Waals surface area (Å²) in [5, 5.41) is 3.45. The van der Waals surface area contributed by atoms with E-state index in [1.165, 1.54) is 30.6 Å². The van der Waals surface area contributed by atoms with Gasteiger partial charge in [0.1, 0.15) is 0 Å². The minimum atomic E-state index is 0.434. The summed E-state index contributed by atoms with van der Waals surface area (Å²) in [6.45, 7) is 0. The van der Waals surface area contributed by atoms with Crippen LogP contribution in [-0.2, 0) is 6.42 Å². The second kappa shape index (κ2) is 5.85. The lowest BCUT2D eigenvalue weighted by atomic mass is 9.79. The van der Waals surface area contributed by atoms with Crippen molar-refractivity contribution in [3.63, 3.8) is 0 Å². The third-order valence-corrected chi connectivity index (χ3v) is 5.05. The van der Waals surface area contributed by atoms with E-state index in [0.717, 1.165) is 0 Å². The van der Waals surface area contributed by atoms with Gasteiger partial charge < -0.3 is 5.32 Å². The molecule has 1 aromatic carbocycles. The zero-order chi connectivity index (χ0) is 13.1. The van der Waals surface area contributed by atoms with Crippen LogP contribution in [0.4, 0.5) is 0 Å². The van der Waals surface area contributed by atoms with Gasteiger partial charge in [-0.25, -0.2) is 0 Å². The van der Waals surface area contributed by atoms with Crippen LogP contribution in [0.15, 0.2) is 36.0 Å². The molecule has 1 aliphatic rings. The first kappa shape index (κ1) is 12.8. The molecule has 1 aromatic heterocycles. The molecule has 0 saturated heterocycles. The Morgan fingerprint density at radius 2 is 2.32 bits per heavy atom. The first-order valence-corrected chi connectivity index (χ1v) is 7.90. The highest BCUT2D eigenvalue weighted by Gasteiger charge is 2.23. The van der Waals surface area contributed by atoms with Gasteiger partial charge in [-0.1, -0.05) is 24.3 Å². The second-order valence-corrected chi connectivity index (χ2v) is 6.19. The Kier molecular flexibility index (Phi) is 3.95. The van der Waals surface area contributed by atoms with Gasteiger partial charge in [-0.3, -0.25) is 4.98 Å². The minimum absolute atomic E-state index is 0.434. The van der Waals surface area contributed by atoms with Crippen LogP contribution in [0, 0.1) is 0 Å². The molecule has 3 heteroatoms. The minimum Gasteiger partial charge on any atom is -0.312 e. The first-order valence-electron chi connectivity index (χ1n) is 7.02. The topological polar surface area (TPSA) is 24.9 Å². The average Bonchev–Trinajstić information content (AvgIpc) is 2.99. The Morgan fingerprint density at radius 1 is 1.42 bits per heavy atom.